The quantitative estimate of drug-likeness (QED) is 0.918. The molecule has 1 aliphatic heterocycles. The fourth-order valence-electron chi connectivity index (χ4n) is 2.78. The lowest BCUT2D eigenvalue weighted by atomic mass is 10.1. The maximum Gasteiger partial charge on any atom is 0.159 e. The maximum atomic E-state index is 6.37. The van der Waals surface area contributed by atoms with Gasteiger partial charge in [-0.15, -0.1) is 0 Å². The Morgan fingerprint density at radius 2 is 1.77 bits per heavy atom. The molecule has 1 heterocycles. The molecule has 1 unspecified atom stereocenters. The van der Waals surface area contributed by atoms with Crippen LogP contribution in [0.15, 0.2) is 53.5 Å². The lowest BCUT2D eigenvalue weighted by Gasteiger charge is -2.22. The zero-order valence-electron chi connectivity index (χ0n) is 13.2. The molecular weight excluding hydrogens is 272 g/mol. The van der Waals surface area contributed by atoms with Crippen LogP contribution in [0.2, 0.25) is 0 Å². The van der Waals surface area contributed by atoms with Crippen molar-refractivity contribution in [1.29, 1.82) is 0 Å². The van der Waals surface area contributed by atoms with Gasteiger partial charge in [-0.25, -0.2) is 0 Å². The van der Waals surface area contributed by atoms with Crippen molar-refractivity contribution in [3.05, 3.63) is 65.2 Å². The van der Waals surface area contributed by atoms with E-state index in [2.05, 4.69) is 66.6 Å². The summed E-state index contributed by atoms with van der Waals surface area (Å²) in [4.78, 5) is 4.57. The van der Waals surface area contributed by atoms with Crippen molar-refractivity contribution in [3.8, 4) is 5.75 Å². The summed E-state index contributed by atoms with van der Waals surface area (Å²) < 4.78 is 6.37. The van der Waals surface area contributed by atoms with Crippen molar-refractivity contribution in [2.45, 2.75) is 26.4 Å². The largest absolute Gasteiger partial charge is 0.482 e. The summed E-state index contributed by atoms with van der Waals surface area (Å²) in [7, 11) is 0. The van der Waals surface area contributed by atoms with E-state index in [0.29, 0.717) is 0 Å². The Kier molecular flexibility index (Phi) is 4.42. The molecule has 1 aliphatic rings. The van der Waals surface area contributed by atoms with Crippen LogP contribution >= 0.6 is 0 Å². The Balaban J connectivity index is 1.86. The zero-order valence-corrected chi connectivity index (χ0v) is 13.2. The summed E-state index contributed by atoms with van der Waals surface area (Å²) >= 11 is 0. The minimum absolute atomic E-state index is 0.0651. The second kappa shape index (κ2) is 6.65. The Morgan fingerprint density at radius 3 is 2.41 bits per heavy atom. The molecule has 3 heteroatoms. The van der Waals surface area contributed by atoms with Crippen LogP contribution in [-0.4, -0.2) is 25.0 Å². The molecule has 0 fully saturated rings. The Morgan fingerprint density at radius 1 is 1.05 bits per heavy atom. The van der Waals surface area contributed by atoms with Gasteiger partial charge in [0.05, 0.1) is 6.54 Å². The smallest absolute Gasteiger partial charge is 0.159 e. The minimum atomic E-state index is -0.0651. The van der Waals surface area contributed by atoms with Gasteiger partial charge in [-0.05, 0) is 30.5 Å². The SMILES string of the molecule is Cc1cccc(C)c1OC(Cc1ccccc1)C1=NCCN1. The number of benzene rings is 2. The molecule has 0 saturated carbocycles. The highest BCUT2D eigenvalue weighted by Gasteiger charge is 2.22. The molecule has 0 amide bonds. The number of hydrogen-bond donors (Lipinski definition) is 1. The molecule has 2 aromatic rings. The van der Waals surface area contributed by atoms with Gasteiger partial charge in [0.25, 0.3) is 0 Å². The Labute approximate surface area is 132 Å². The average Bonchev–Trinajstić information content (AvgIpc) is 3.05. The first-order valence-electron chi connectivity index (χ1n) is 7.79. The van der Waals surface area contributed by atoms with Crippen LogP contribution in [0.1, 0.15) is 16.7 Å². The first-order chi connectivity index (χ1) is 10.7. The van der Waals surface area contributed by atoms with Gasteiger partial charge in [-0.3, -0.25) is 4.99 Å². The van der Waals surface area contributed by atoms with Gasteiger partial charge in [0, 0.05) is 13.0 Å². The molecule has 22 heavy (non-hydrogen) atoms. The predicted octanol–water partition coefficient (Wildman–Crippen LogP) is 3.30. The van der Waals surface area contributed by atoms with Crippen LogP contribution < -0.4 is 10.1 Å². The number of para-hydroxylation sites is 1. The highest BCUT2D eigenvalue weighted by atomic mass is 16.5. The molecule has 3 nitrogen and oxygen atoms in total. The summed E-state index contributed by atoms with van der Waals surface area (Å²) in [6.45, 7) is 5.91. The molecule has 0 aromatic heterocycles. The lowest BCUT2D eigenvalue weighted by molar-refractivity contribution is 0.261. The third-order valence-corrected chi connectivity index (χ3v) is 3.94. The van der Waals surface area contributed by atoms with Gasteiger partial charge in [-0.2, -0.15) is 0 Å². The first-order valence-corrected chi connectivity index (χ1v) is 7.79. The lowest BCUT2D eigenvalue weighted by Crippen LogP contribution is -2.37. The summed E-state index contributed by atoms with van der Waals surface area (Å²) in [5, 5.41) is 3.36. The maximum absolute atomic E-state index is 6.37. The van der Waals surface area contributed by atoms with E-state index >= 15 is 0 Å². The van der Waals surface area contributed by atoms with E-state index in [1.807, 2.05) is 6.07 Å². The minimum Gasteiger partial charge on any atom is -0.482 e. The number of nitrogens with zero attached hydrogens (tertiary/aromatic N) is 1. The van der Waals surface area contributed by atoms with Crippen LogP contribution in [0.5, 0.6) is 5.75 Å². The number of hydrogen-bond acceptors (Lipinski definition) is 3. The second-order valence-electron chi connectivity index (χ2n) is 5.71. The summed E-state index contributed by atoms with van der Waals surface area (Å²) in [6, 6.07) is 16.7. The number of nitrogens with one attached hydrogen (secondary N) is 1. The van der Waals surface area contributed by atoms with Crippen molar-refractivity contribution in [2.24, 2.45) is 4.99 Å². The van der Waals surface area contributed by atoms with Crippen molar-refractivity contribution in [1.82, 2.24) is 5.32 Å². The average molecular weight is 294 g/mol. The standard InChI is InChI=1S/C19H22N2O/c1-14-7-6-8-15(2)18(14)22-17(19-20-11-12-21-19)13-16-9-4-3-5-10-16/h3-10,17H,11-13H2,1-2H3,(H,20,21). The van der Waals surface area contributed by atoms with E-state index in [9.17, 15) is 0 Å². The monoisotopic (exact) mass is 294 g/mol. The van der Waals surface area contributed by atoms with Crippen molar-refractivity contribution >= 4 is 5.84 Å². The van der Waals surface area contributed by atoms with Crippen molar-refractivity contribution in [3.63, 3.8) is 0 Å². The molecule has 114 valence electrons. The van der Waals surface area contributed by atoms with Crippen LogP contribution in [-0.2, 0) is 6.42 Å². The van der Waals surface area contributed by atoms with Gasteiger partial charge in [0.15, 0.2) is 6.10 Å². The molecule has 0 spiro atoms. The van der Waals surface area contributed by atoms with Crippen LogP contribution in [0.3, 0.4) is 0 Å². The fourth-order valence-corrected chi connectivity index (χ4v) is 2.78. The third kappa shape index (κ3) is 3.30. The number of rotatable bonds is 5. The highest BCUT2D eigenvalue weighted by Crippen LogP contribution is 2.25. The van der Waals surface area contributed by atoms with Gasteiger partial charge < -0.3 is 10.1 Å². The van der Waals surface area contributed by atoms with Gasteiger partial charge in [0.1, 0.15) is 11.6 Å². The van der Waals surface area contributed by atoms with E-state index in [1.165, 1.54) is 5.56 Å². The van der Waals surface area contributed by atoms with Crippen molar-refractivity contribution in [2.75, 3.05) is 13.1 Å². The van der Waals surface area contributed by atoms with E-state index in [-0.39, 0.29) is 6.10 Å². The third-order valence-electron chi connectivity index (χ3n) is 3.94. The molecule has 1 N–H and O–H groups in total. The zero-order chi connectivity index (χ0) is 15.4. The van der Waals surface area contributed by atoms with Crippen LogP contribution in [0.25, 0.3) is 0 Å². The van der Waals surface area contributed by atoms with Gasteiger partial charge >= 0.3 is 0 Å². The van der Waals surface area contributed by atoms with Crippen molar-refractivity contribution < 1.29 is 4.74 Å². The van der Waals surface area contributed by atoms with Gasteiger partial charge in [0.2, 0.25) is 0 Å². The predicted molar refractivity (Wildman–Crippen MR) is 90.8 cm³/mol. The number of aryl methyl sites for hydroxylation is 2. The van der Waals surface area contributed by atoms with Crippen LogP contribution in [0.4, 0.5) is 0 Å². The van der Waals surface area contributed by atoms with Crippen LogP contribution in [0, 0.1) is 13.8 Å². The molecule has 2 aromatic carbocycles. The van der Waals surface area contributed by atoms with E-state index in [4.69, 9.17) is 4.74 Å². The molecule has 0 bridgehead atoms. The Hall–Kier alpha value is -2.29. The highest BCUT2D eigenvalue weighted by molar-refractivity contribution is 5.88. The molecule has 3 rings (SSSR count). The summed E-state index contributed by atoms with van der Waals surface area (Å²) in [5.74, 6) is 1.94. The van der Waals surface area contributed by atoms with E-state index in [1.54, 1.807) is 0 Å². The molecule has 1 atom stereocenters. The number of ether oxygens (including phenoxy) is 1. The second-order valence-corrected chi connectivity index (χ2v) is 5.71. The number of aliphatic imine (C=N–C) groups is 1. The normalized spacial score (nSPS) is 15.1. The topological polar surface area (TPSA) is 33.6 Å². The molecule has 0 aliphatic carbocycles. The summed E-state index contributed by atoms with van der Waals surface area (Å²) in [6.07, 6.45) is 0.755. The molecular formula is C19H22N2O. The first kappa shape index (κ1) is 14.6. The van der Waals surface area contributed by atoms with E-state index in [0.717, 1.165) is 42.2 Å². The Bertz CT molecular complexity index is 644. The molecule has 0 radical (unpaired) electrons. The van der Waals surface area contributed by atoms with Gasteiger partial charge in [-0.1, -0.05) is 48.5 Å². The molecule has 0 saturated heterocycles. The summed E-state index contributed by atoms with van der Waals surface area (Å²) in [5.41, 5.74) is 3.59. The fraction of sp³-hybridized carbons (Fsp3) is 0.316. The number of amidine groups is 1. The van der Waals surface area contributed by atoms with E-state index < -0.39 is 0 Å².